The van der Waals surface area contributed by atoms with Crippen molar-refractivity contribution in [1.82, 2.24) is 9.13 Å². The van der Waals surface area contributed by atoms with Crippen molar-refractivity contribution in [2.75, 3.05) is 0 Å². The molecule has 15 heteroatoms. The quantitative estimate of drug-likeness (QED) is 0.146. The highest BCUT2D eigenvalue weighted by atomic mass is 19.4. The Balaban J connectivity index is 1.21. The van der Waals surface area contributed by atoms with Crippen molar-refractivity contribution >= 4 is 72.0 Å². The minimum atomic E-state index is -4.79. The third kappa shape index (κ3) is 9.09. The Morgan fingerprint density at radius 2 is 0.674 bits per heavy atom. The van der Waals surface area contributed by atoms with Crippen LogP contribution in [-0.4, -0.2) is 9.13 Å². The van der Waals surface area contributed by atoms with Gasteiger partial charge in [0, 0.05) is 38.2 Å². The summed E-state index contributed by atoms with van der Waals surface area (Å²) in [4.78, 5) is 18.1. The summed E-state index contributed by atoms with van der Waals surface area (Å²) in [5.41, 5.74) is 8.61. The van der Waals surface area contributed by atoms with E-state index in [-0.39, 0.29) is 78.8 Å². The molecule has 0 unspecified atom stereocenters. The first-order valence-corrected chi connectivity index (χ1v) is 25.8. The molecular formula is C71H29F3N12. The van der Waals surface area contributed by atoms with Crippen LogP contribution in [0.5, 0.6) is 0 Å². The van der Waals surface area contributed by atoms with Crippen LogP contribution in [0.1, 0.15) is 33.4 Å². The first kappa shape index (κ1) is 53.1. The molecule has 394 valence electrons. The Kier molecular flexibility index (Phi) is 12.9. The highest BCUT2D eigenvalue weighted by Gasteiger charge is 2.32. The van der Waals surface area contributed by atoms with Crippen molar-refractivity contribution < 1.29 is 13.2 Å². The molecule has 0 aliphatic heterocycles. The smallest absolute Gasteiger partial charge is 0.308 e. The van der Waals surface area contributed by atoms with Crippen molar-refractivity contribution in [3.05, 3.63) is 266 Å². The number of rotatable bonds is 7. The standard InChI is InChI=1S/C71H29F3N12/c1-80-54-21-42(37-77)19-49(23-54)45-7-13-66-60(28-45)59-27-44(48-17-40(35-75)16-41(18-48)36-76)6-12-65(59)85(66)69-31-52(58-11-10-53(71(72,73)74)33-64(58)84-5)32-70(63(69)39-79)86-67-14-8-46(50-20-43(38-78)22-55(24-50)81-2)29-61(67)62-30-47(9-15-68(62)86)51-25-56(82-3)34-57(26-51)83-4/h6-34H. The zero-order valence-electron chi connectivity index (χ0n) is 44.2. The van der Waals surface area contributed by atoms with Crippen LogP contribution in [0, 0.1) is 89.5 Å². The van der Waals surface area contributed by atoms with Gasteiger partial charge in [0.1, 0.15) is 11.6 Å². The lowest BCUT2D eigenvalue weighted by molar-refractivity contribution is -0.137. The molecular weight excluding hydrogens is 1080 g/mol. The number of aromatic nitrogens is 2. The summed E-state index contributed by atoms with van der Waals surface area (Å²) in [5.74, 6) is 0. The van der Waals surface area contributed by atoms with Crippen molar-refractivity contribution in [2.24, 2.45) is 0 Å². The van der Waals surface area contributed by atoms with Gasteiger partial charge in [-0.3, -0.25) is 0 Å². The minimum Gasteiger partial charge on any atom is -0.308 e. The summed E-state index contributed by atoms with van der Waals surface area (Å²) < 4.78 is 47.0. The Morgan fingerprint density at radius 1 is 0.326 bits per heavy atom. The minimum absolute atomic E-state index is 0.0858. The van der Waals surface area contributed by atoms with E-state index in [9.17, 15) is 39.5 Å². The molecule has 0 saturated carbocycles. The van der Waals surface area contributed by atoms with Gasteiger partial charge in [0.05, 0.1) is 102 Å². The summed E-state index contributed by atoms with van der Waals surface area (Å²) in [7, 11) is 0. The zero-order valence-corrected chi connectivity index (χ0v) is 44.2. The summed E-state index contributed by atoms with van der Waals surface area (Å²) in [6.45, 7) is 39.5. The van der Waals surface area contributed by atoms with Gasteiger partial charge in [-0.15, -0.1) is 0 Å². The first-order valence-electron chi connectivity index (χ1n) is 25.8. The third-order valence-electron chi connectivity index (χ3n) is 15.0. The second-order valence-electron chi connectivity index (χ2n) is 19.9. The summed E-state index contributed by atoms with van der Waals surface area (Å²) in [6.07, 6.45) is -4.79. The molecule has 0 N–H and O–H groups in total. The second kappa shape index (κ2) is 20.9. The molecule has 0 bridgehead atoms. The molecule has 86 heavy (non-hydrogen) atoms. The van der Waals surface area contributed by atoms with E-state index in [0.29, 0.717) is 88.1 Å². The van der Waals surface area contributed by atoms with Crippen LogP contribution in [0.4, 0.5) is 41.6 Å². The number of nitrogens with zero attached hydrogens (tertiary/aromatic N) is 12. The lowest BCUT2D eigenvalue weighted by Gasteiger charge is -2.19. The lowest BCUT2D eigenvalue weighted by atomic mass is 9.97. The first-order chi connectivity index (χ1) is 41.7. The van der Waals surface area contributed by atoms with Crippen LogP contribution < -0.4 is 0 Å². The van der Waals surface area contributed by atoms with E-state index in [1.165, 1.54) is 30.3 Å². The van der Waals surface area contributed by atoms with E-state index < -0.39 is 11.7 Å². The predicted octanol–water partition coefficient (Wildman–Crippen LogP) is 19.3. The molecule has 0 radical (unpaired) electrons. The van der Waals surface area contributed by atoms with Crippen molar-refractivity contribution in [3.63, 3.8) is 0 Å². The lowest BCUT2D eigenvalue weighted by Crippen LogP contribution is -2.06. The van der Waals surface area contributed by atoms with Gasteiger partial charge in [-0.05, 0) is 177 Å². The van der Waals surface area contributed by atoms with Crippen molar-refractivity contribution in [3.8, 4) is 97.4 Å². The van der Waals surface area contributed by atoms with Crippen LogP contribution in [0.2, 0.25) is 0 Å². The fraction of sp³-hybridized carbons (Fsp3) is 0.0141. The number of halogens is 3. The predicted molar refractivity (Wildman–Crippen MR) is 322 cm³/mol. The van der Waals surface area contributed by atoms with Crippen LogP contribution in [-0.2, 0) is 6.18 Å². The molecule has 12 aromatic rings. The fourth-order valence-electron chi connectivity index (χ4n) is 11.2. The van der Waals surface area contributed by atoms with Crippen LogP contribution >= 0.6 is 0 Å². The highest BCUT2D eigenvalue weighted by molar-refractivity contribution is 6.14. The molecule has 2 heterocycles. The van der Waals surface area contributed by atoms with Gasteiger partial charge in [-0.2, -0.15) is 39.5 Å². The largest absolute Gasteiger partial charge is 0.415 e. The summed E-state index contributed by atoms with van der Waals surface area (Å²) in [6, 6.07) is 58.7. The van der Waals surface area contributed by atoms with Crippen molar-refractivity contribution in [2.45, 2.75) is 6.18 Å². The molecule has 10 aromatic carbocycles. The molecule has 0 spiro atoms. The molecule has 0 saturated heterocycles. The van der Waals surface area contributed by atoms with Gasteiger partial charge in [-0.25, -0.2) is 24.2 Å². The Morgan fingerprint density at radius 3 is 1.01 bits per heavy atom. The maximum absolute atomic E-state index is 14.4. The number of benzene rings is 10. The number of nitriles is 5. The van der Waals surface area contributed by atoms with E-state index in [2.05, 4.69) is 54.6 Å². The zero-order chi connectivity index (χ0) is 60.1. The van der Waals surface area contributed by atoms with Gasteiger partial charge in [-0.1, -0.05) is 54.6 Å². The molecule has 2 aromatic heterocycles. The van der Waals surface area contributed by atoms with Crippen molar-refractivity contribution in [1.29, 1.82) is 26.3 Å². The van der Waals surface area contributed by atoms with E-state index in [1.807, 2.05) is 81.9 Å². The van der Waals surface area contributed by atoms with Gasteiger partial charge in [0.15, 0.2) is 28.4 Å². The molecule has 12 nitrogen and oxygen atoms in total. The third-order valence-corrected chi connectivity index (χ3v) is 15.0. The Labute approximate surface area is 488 Å². The van der Waals surface area contributed by atoms with Gasteiger partial charge in [0.25, 0.3) is 0 Å². The summed E-state index contributed by atoms with van der Waals surface area (Å²) in [5, 5.41) is 54.3. The SMILES string of the molecule is [C-]#[N+]c1cc(C#N)cc(-c2ccc3c(c2)c2cc(-c4cc(C#N)cc(C#N)c4)ccc2n3-c2cc(-c3ccc(C(F)(F)F)cc3[N+]#[C-])cc(-n3c4ccc(-c5cc(C#N)cc([N+]#[C-])c5)cc4c4cc(-c5cc([N+]#[C-])cc([N+]#[C-])c5)ccc43)c2C#N)c1. The number of hydrogen-bond donors (Lipinski definition) is 0. The van der Waals surface area contributed by atoms with Gasteiger partial charge < -0.3 is 9.13 Å². The Bertz CT molecular complexity index is 4800. The van der Waals surface area contributed by atoms with Crippen LogP contribution in [0.3, 0.4) is 0 Å². The number of alkyl halides is 3. The molecule has 0 aliphatic rings. The molecule has 12 rings (SSSR count). The number of fused-ring (bicyclic) bond motifs is 6. The topological polar surface area (TPSA) is 151 Å². The molecule has 0 fully saturated rings. The molecule has 0 aliphatic carbocycles. The van der Waals surface area contributed by atoms with E-state index in [1.54, 1.807) is 60.7 Å². The number of hydrogen-bond acceptors (Lipinski definition) is 5. The molecule has 0 atom stereocenters. The average molecular weight is 1110 g/mol. The maximum atomic E-state index is 14.4. The normalized spacial score (nSPS) is 10.8. The van der Waals surface area contributed by atoms with E-state index >= 15 is 0 Å². The highest BCUT2D eigenvalue weighted by Crippen LogP contribution is 2.46. The monoisotopic (exact) mass is 1110 g/mol. The maximum Gasteiger partial charge on any atom is 0.415 e. The van der Waals surface area contributed by atoms with Crippen LogP contribution in [0.25, 0.3) is 135 Å². The second-order valence-corrected chi connectivity index (χ2v) is 19.9. The van der Waals surface area contributed by atoms with Gasteiger partial charge in [0.2, 0.25) is 0 Å². The van der Waals surface area contributed by atoms with E-state index in [4.69, 9.17) is 32.9 Å². The van der Waals surface area contributed by atoms with E-state index in [0.717, 1.165) is 12.1 Å². The Hall–Kier alpha value is -13.5. The van der Waals surface area contributed by atoms with Gasteiger partial charge >= 0.3 is 6.18 Å². The molecule has 0 amide bonds. The fourth-order valence-corrected chi connectivity index (χ4v) is 11.2. The average Bonchev–Trinajstić information content (AvgIpc) is 1.65. The summed E-state index contributed by atoms with van der Waals surface area (Å²) >= 11 is 0. The van der Waals surface area contributed by atoms with Crippen LogP contribution in [0.15, 0.2) is 176 Å².